The van der Waals surface area contributed by atoms with Crippen molar-refractivity contribution in [3.63, 3.8) is 0 Å². The molecule has 0 spiro atoms. The molecule has 1 aliphatic rings. The van der Waals surface area contributed by atoms with Gasteiger partial charge in [-0.1, -0.05) is 15.9 Å². The molecule has 2 heterocycles. The van der Waals surface area contributed by atoms with Crippen LogP contribution >= 0.6 is 27.3 Å². The maximum atomic E-state index is 12.2. The fourth-order valence-corrected chi connectivity index (χ4v) is 3.80. The molecule has 0 radical (unpaired) electrons. The Balaban J connectivity index is 1.26. The lowest BCUT2D eigenvalue weighted by atomic mass is 10.1. The summed E-state index contributed by atoms with van der Waals surface area (Å²) in [4.78, 5) is 16.7. The first-order valence-corrected chi connectivity index (χ1v) is 10.9. The molecule has 0 unspecified atom stereocenters. The summed E-state index contributed by atoms with van der Waals surface area (Å²) in [7, 11) is 0. The third-order valence-electron chi connectivity index (χ3n) is 4.22. The molecule has 1 aliphatic heterocycles. The number of hydrogen-bond donors (Lipinski definition) is 1. The number of carbonyl (C=O) groups excluding carboxylic acids is 1. The molecule has 8 heteroatoms. The van der Waals surface area contributed by atoms with Crippen molar-refractivity contribution in [3.8, 4) is 28.5 Å². The first kappa shape index (κ1) is 19.7. The molecule has 0 saturated carbocycles. The molecular formula is C21H19BrN2O4S. The van der Waals surface area contributed by atoms with Gasteiger partial charge in [0.2, 0.25) is 5.91 Å². The standard InChI is InChI=1S/C21H19BrN2O4S/c22-15-4-6-16(7-5-15)26-9-1-2-20(25)24-21-23-17(13-29-21)14-3-8-18-19(12-14)28-11-10-27-18/h3-8,12-13H,1-2,9-11H2,(H,23,24,25). The van der Waals surface area contributed by atoms with Gasteiger partial charge >= 0.3 is 0 Å². The van der Waals surface area contributed by atoms with Crippen molar-refractivity contribution < 1.29 is 19.0 Å². The molecular weight excluding hydrogens is 456 g/mol. The van der Waals surface area contributed by atoms with E-state index in [4.69, 9.17) is 14.2 Å². The number of nitrogens with zero attached hydrogens (tertiary/aromatic N) is 1. The topological polar surface area (TPSA) is 69.7 Å². The van der Waals surface area contributed by atoms with Gasteiger partial charge in [0, 0.05) is 21.8 Å². The summed E-state index contributed by atoms with van der Waals surface area (Å²) in [6.07, 6.45) is 0.998. The van der Waals surface area contributed by atoms with Crippen LogP contribution in [0.25, 0.3) is 11.3 Å². The van der Waals surface area contributed by atoms with Gasteiger partial charge in [-0.05, 0) is 48.9 Å². The van der Waals surface area contributed by atoms with Gasteiger partial charge in [0.25, 0.3) is 0 Å². The van der Waals surface area contributed by atoms with Crippen molar-refractivity contribution in [1.82, 2.24) is 4.98 Å². The van der Waals surface area contributed by atoms with Crippen LogP contribution in [0.2, 0.25) is 0 Å². The monoisotopic (exact) mass is 474 g/mol. The van der Waals surface area contributed by atoms with Crippen LogP contribution in [0.1, 0.15) is 12.8 Å². The minimum atomic E-state index is -0.0764. The third kappa shape index (κ3) is 5.27. The van der Waals surface area contributed by atoms with E-state index in [0.717, 1.165) is 33.0 Å². The summed E-state index contributed by atoms with van der Waals surface area (Å²) >= 11 is 4.78. The Hall–Kier alpha value is -2.58. The Labute approximate surface area is 181 Å². The molecule has 4 rings (SSSR count). The van der Waals surface area contributed by atoms with Gasteiger partial charge in [0.1, 0.15) is 19.0 Å². The first-order valence-electron chi connectivity index (χ1n) is 9.21. The number of halogens is 1. The molecule has 3 aromatic rings. The van der Waals surface area contributed by atoms with E-state index in [1.54, 1.807) is 0 Å². The number of benzene rings is 2. The molecule has 2 aromatic carbocycles. The number of rotatable bonds is 7. The van der Waals surface area contributed by atoms with E-state index in [-0.39, 0.29) is 5.91 Å². The predicted molar refractivity (Wildman–Crippen MR) is 116 cm³/mol. The van der Waals surface area contributed by atoms with E-state index in [2.05, 4.69) is 26.2 Å². The maximum absolute atomic E-state index is 12.2. The zero-order valence-electron chi connectivity index (χ0n) is 15.5. The highest BCUT2D eigenvalue weighted by Crippen LogP contribution is 2.35. The fraction of sp³-hybridized carbons (Fsp3) is 0.238. The number of ether oxygens (including phenoxy) is 3. The second-order valence-electron chi connectivity index (χ2n) is 6.35. The molecule has 0 atom stereocenters. The van der Waals surface area contributed by atoms with E-state index in [1.807, 2.05) is 47.8 Å². The number of amides is 1. The highest BCUT2D eigenvalue weighted by atomic mass is 79.9. The molecule has 0 saturated heterocycles. The average molecular weight is 475 g/mol. The number of nitrogens with one attached hydrogen (secondary N) is 1. The Bertz CT molecular complexity index is 991. The smallest absolute Gasteiger partial charge is 0.226 e. The van der Waals surface area contributed by atoms with Crippen LogP contribution in [0.15, 0.2) is 52.3 Å². The van der Waals surface area contributed by atoms with Gasteiger partial charge in [-0.2, -0.15) is 0 Å². The van der Waals surface area contributed by atoms with Gasteiger partial charge in [-0.15, -0.1) is 11.3 Å². The predicted octanol–water partition coefficient (Wildman–Crippen LogP) is 5.14. The van der Waals surface area contributed by atoms with E-state index in [0.29, 0.717) is 37.8 Å². The van der Waals surface area contributed by atoms with Crippen LogP contribution < -0.4 is 19.5 Å². The summed E-state index contributed by atoms with van der Waals surface area (Å²) in [6.45, 7) is 1.59. The Morgan fingerprint density at radius 2 is 1.93 bits per heavy atom. The van der Waals surface area contributed by atoms with E-state index in [1.165, 1.54) is 11.3 Å². The lowest BCUT2D eigenvalue weighted by Gasteiger charge is -2.18. The van der Waals surface area contributed by atoms with Crippen molar-refractivity contribution in [2.45, 2.75) is 12.8 Å². The normalized spacial score (nSPS) is 12.4. The Morgan fingerprint density at radius 3 is 2.76 bits per heavy atom. The molecule has 150 valence electrons. The van der Waals surface area contributed by atoms with E-state index in [9.17, 15) is 4.79 Å². The maximum Gasteiger partial charge on any atom is 0.226 e. The van der Waals surface area contributed by atoms with Crippen molar-refractivity contribution in [3.05, 3.63) is 52.3 Å². The van der Waals surface area contributed by atoms with Crippen LogP contribution in [-0.4, -0.2) is 30.7 Å². The van der Waals surface area contributed by atoms with Crippen LogP contribution in [0.5, 0.6) is 17.2 Å². The van der Waals surface area contributed by atoms with Gasteiger partial charge in [0.05, 0.1) is 12.3 Å². The Morgan fingerprint density at radius 1 is 1.14 bits per heavy atom. The van der Waals surface area contributed by atoms with Crippen LogP contribution in [0, 0.1) is 0 Å². The number of carbonyl (C=O) groups is 1. The fourth-order valence-electron chi connectivity index (χ4n) is 2.80. The molecule has 0 bridgehead atoms. The van der Waals surface area contributed by atoms with Crippen molar-refractivity contribution in [2.75, 3.05) is 25.1 Å². The minimum absolute atomic E-state index is 0.0764. The van der Waals surface area contributed by atoms with Crippen LogP contribution in [-0.2, 0) is 4.79 Å². The minimum Gasteiger partial charge on any atom is -0.494 e. The lowest BCUT2D eigenvalue weighted by Crippen LogP contribution is -2.15. The second kappa shape index (κ2) is 9.28. The Kier molecular flexibility index (Phi) is 6.31. The zero-order chi connectivity index (χ0) is 20.1. The molecule has 29 heavy (non-hydrogen) atoms. The van der Waals surface area contributed by atoms with Gasteiger partial charge in [0.15, 0.2) is 16.6 Å². The third-order valence-corrected chi connectivity index (χ3v) is 5.51. The summed E-state index contributed by atoms with van der Waals surface area (Å²) in [6, 6.07) is 13.3. The molecule has 1 N–H and O–H groups in total. The highest BCUT2D eigenvalue weighted by molar-refractivity contribution is 9.10. The van der Waals surface area contributed by atoms with Gasteiger partial charge < -0.3 is 19.5 Å². The summed E-state index contributed by atoms with van der Waals surface area (Å²) in [5, 5.41) is 5.34. The summed E-state index contributed by atoms with van der Waals surface area (Å²) in [5.74, 6) is 2.18. The lowest BCUT2D eigenvalue weighted by molar-refractivity contribution is -0.116. The largest absolute Gasteiger partial charge is 0.494 e. The molecule has 6 nitrogen and oxygen atoms in total. The number of aromatic nitrogens is 1. The average Bonchev–Trinajstić information content (AvgIpc) is 3.20. The van der Waals surface area contributed by atoms with Crippen molar-refractivity contribution in [2.24, 2.45) is 0 Å². The van der Waals surface area contributed by atoms with Gasteiger partial charge in [-0.3, -0.25) is 4.79 Å². The first-order chi connectivity index (χ1) is 14.2. The van der Waals surface area contributed by atoms with E-state index < -0.39 is 0 Å². The molecule has 1 aromatic heterocycles. The van der Waals surface area contributed by atoms with Crippen molar-refractivity contribution >= 4 is 38.3 Å². The van der Waals surface area contributed by atoms with Gasteiger partial charge in [-0.25, -0.2) is 4.98 Å². The summed E-state index contributed by atoms with van der Waals surface area (Å²) < 4.78 is 17.8. The van der Waals surface area contributed by atoms with E-state index >= 15 is 0 Å². The number of anilines is 1. The number of hydrogen-bond acceptors (Lipinski definition) is 6. The quantitative estimate of drug-likeness (QED) is 0.480. The number of fused-ring (bicyclic) bond motifs is 1. The summed E-state index contributed by atoms with van der Waals surface area (Å²) in [5.41, 5.74) is 1.72. The molecule has 0 aliphatic carbocycles. The molecule has 0 fully saturated rings. The number of thiazole rings is 1. The zero-order valence-corrected chi connectivity index (χ0v) is 17.9. The second-order valence-corrected chi connectivity index (χ2v) is 8.12. The van der Waals surface area contributed by atoms with Crippen LogP contribution in [0.4, 0.5) is 5.13 Å². The van der Waals surface area contributed by atoms with Crippen molar-refractivity contribution in [1.29, 1.82) is 0 Å². The van der Waals surface area contributed by atoms with Crippen LogP contribution in [0.3, 0.4) is 0 Å². The SMILES string of the molecule is O=C(CCCOc1ccc(Br)cc1)Nc1nc(-c2ccc3c(c2)OCCO3)cs1. The highest BCUT2D eigenvalue weighted by Gasteiger charge is 2.14. The molecule has 1 amide bonds.